The van der Waals surface area contributed by atoms with E-state index in [0.717, 1.165) is 18.2 Å². The second-order valence-corrected chi connectivity index (χ2v) is 2.10. The zero-order valence-electron chi connectivity index (χ0n) is 6.30. The van der Waals surface area contributed by atoms with Gasteiger partial charge in [0.05, 0.1) is 6.57 Å². The van der Waals surface area contributed by atoms with Crippen LogP contribution in [0.3, 0.4) is 0 Å². The molecule has 13 heavy (non-hydrogen) atoms. The highest BCUT2D eigenvalue weighted by atomic mass is 19.3. The van der Waals surface area contributed by atoms with Crippen molar-refractivity contribution in [2.24, 2.45) is 0 Å². The summed E-state index contributed by atoms with van der Waals surface area (Å²) in [6, 6.07) is 2.78. The van der Waals surface area contributed by atoms with E-state index < -0.39 is 12.4 Å². The quantitative estimate of drug-likeness (QED) is 0.649. The fraction of sp³-hybridized carbons (Fsp3) is 0.125. The molecular formula is C8H4F3NO. The average Bonchev–Trinajstić information content (AvgIpc) is 2.07. The smallest absolute Gasteiger partial charge is 0.386 e. The molecule has 0 heterocycles. The highest BCUT2D eigenvalue weighted by Gasteiger charge is 2.09. The molecule has 68 valence electrons. The third-order valence-electron chi connectivity index (χ3n) is 1.26. The molecular weight excluding hydrogens is 183 g/mol. The molecule has 0 spiro atoms. The van der Waals surface area contributed by atoms with Crippen molar-refractivity contribution in [2.75, 3.05) is 0 Å². The lowest BCUT2D eigenvalue weighted by Gasteiger charge is -2.05. The molecule has 1 rings (SSSR count). The first kappa shape index (κ1) is 9.39. The van der Waals surface area contributed by atoms with Gasteiger partial charge in [-0.3, -0.25) is 0 Å². The zero-order valence-corrected chi connectivity index (χ0v) is 6.30. The predicted molar refractivity (Wildman–Crippen MR) is 39.3 cm³/mol. The molecule has 0 aliphatic rings. The van der Waals surface area contributed by atoms with Crippen LogP contribution >= 0.6 is 0 Å². The SMILES string of the molecule is [C-]#[N+]c1cc(F)ccc1OC(F)F. The summed E-state index contributed by atoms with van der Waals surface area (Å²) in [5, 5.41) is 0. The maximum atomic E-state index is 12.5. The topological polar surface area (TPSA) is 13.6 Å². The molecule has 0 amide bonds. The van der Waals surface area contributed by atoms with Gasteiger partial charge in [-0.1, -0.05) is 0 Å². The summed E-state index contributed by atoms with van der Waals surface area (Å²) in [5.41, 5.74) is -0.264. The maximum Gasteiger partial charge on any atom is 0.386 e. The summed E-state index contributed by atoms with van der Waals surface area (Å²) in [7, 11) is 0. The molecule has 0 bridgehead atoms. The molecule has 0 radical (unpaired) electrons. The van der Waals surface area contributed by atoms with Gasteiger partial charge in [-0.25, -0.2) is 9.24 Å². The van der Waals surface area contributed by atoms with Crippen LogP contribution in [0.1, 0.15) is 0 Å². The summed E-state index contributed by atoms with van der Waals surface area (Å²) >= 11 is 0. The Balaban J connectivity index is 3.01. The summed E-state index contributed by atoms with van der Waals surface area (Å²) in [6.45, 7) is 3.55. The molecule has 0 aliphatic heterocycles. The monoisotopic (exact) mass is 187 g/mol. The van der Waals surface area contributed by atoms with E-state index in [1.807, 2.05) is 0 Å². The number of alkyl halides is 2. The van der Waals surface area contributed by atoms with Crippen LogP contribution in [0.5, 0.6) is 5.75 Å². The third kappa shape index (κ3) is 2.37. The molecule has 0 fully saturated rings. The number of nitrogens with zero attached hydrogens (tertiary/aromatic N) is 1. The van der Waals surface area contributed by atoms with Crippen LogP contribution in [0.4, 0.5) is 18.9 Å². The Bertz CT molecular complexity index is 346. The van der Waals surface area contributed by atoms with E-state index in [9.17, 15) is 13.2 Å². The van der Waals surface area contributed by atoms with Crippen LogP contribution < -0.4 is 4.74 Å². The molecule has 0 N–H and O–H groups in total. The predicted octanol–water partition coefficient (Wildman–Crippen LogP) is 2.98. The second kappa shape index (κ2) is 3.81. The largest absolute Gasteiger partial charge is 0.447 e. The normalized spacial score (nSPS) is 9.77. The molecule has 0 saturated heterocycles. The number of halogens is 3. The van der Waals surface area contributed by atoms with Gasteiger partial charge in [0, 0.05) is 0 Å². The standard InChI is InChI=1S/C8H4F3NO/c1-12-6-4-5(9)2-3-7(6)13-8(10)11/h2-4,8H. The van der Waals surface area contributed by atoms with Gasteiger partial charge in [-0.05, 0) is 18.2 Å². The first-order chi connectivity index (χ1) is 6.13. The average molecular weight is 187 g/mol. The van der Waals surface area contributed by atoms with Crippen LogP contribution in [0.15, 0.2) is 18.2 Å². The number of ether oxygens (including phenoxy) is 1. The van der Waals surface area contributed by atoms with Crippen molar-refractivity contribution < 1.29 is 17.9 Å². The van der Waals surface area contributed by atoms with Crippen molar-refractivity contribution in [3.8, 4) is 5.75 Å². The fourth-order valence-electron chi connectivity index (χ4n) is 0.774. The van der Waals surface area contributed by atoms with Crippen LogP contribution in [-0.2, 0) is 0 Å². The van der Waals surface area contributed by atoms with Gasteiger partial charge in [0.2, 0.25) is 5.69 Å². The van der Waals surface area contributed by atoms with E-state index in [1.165, 1.54) is 0 Å². The van der Waals surface area contributed by atoms with E-state index >= 15 is 0 Å². The second-order valence-electron chi connectivity index (χ2n) is 2.10. The Morgan fingerprint density at radius 1 is 1.38 bits per heavy atom. The van der Waals surface area contributed by atoms with Gasteiger partial charge in [0.15, 0.2) is 0 Å². The molecule has 0 aliphatic carbocycles. The van der Waals surface area contributed by atoms with Crippen molar-refractivity contribution in [3.63, 3.8) is 0 Å². The molecule has 5 heteroatoms. The maximum absolute atomic E-state index is 12.5. The lowest BCUT2D eigenvalue weighted by atomic mass is 10.3. The molecule has 1 aromatic rings. The number of hydrogen-bond acceptors (Lipinski definition) is 1. The minimum absolute atomic E-state index is 0.264. The van der Waals surface area contributed by atoms with E-state index in [-0.39, 0.29) is 11.4 Å². The Morgan fingerprint density at radius 2 is 2.08 bits per heavy atom. The van der Waals surface area contributed by atoms with E-state index in [4.69, 9.17) is 6.57 Å². The van der Waals surface area contributed by atoms with Crippen LogP contribution in [0, 0.1) is 12.4 Å². The van der Waals surface area contributed by atoms with Gasteiger partial charge in [0.25, 0.3) is 0 Å². The minimum Gasteiger partial charge on any atom is -0.447 e. The molecule has 2 nitrogen and oxygen atoms in total. The Hall–Kier alpha value is -1.70. The van der Waals surface area contributed by atoms with Crippen LogP contribution in [-0.4, -0.2) is 6.61 Å². The van der Waals surface area contributed by atoms with Crippen molar-refractivity contribution in [1.82, 2.24) is 0 Å². The van der Waals surface area contributed by atoms with Gasteiger partial charge in [-0.2, -0.15) is 8.78 Å². The van der Waals surface area contributed by atoms with E-state index in [2.05, 4.69) is 9.58 Å². The van der Waals surface area contributed by atoms with Crippen molar-refractivity contribution in [1.29, 1.82) is 0 Å². The number of rotatable bonds is 2. The first-order valence-corrected chi connectivity index (χ1v) is 3.25. The first-order valence-electron chi connectivity index (χ1n) is 3.25. The summed E-state index contributed by atoms with van der Waals surface area (Å²) in [4.78, 5) is 2.84. The highest BCUT2D eigenvalue weighted by molar-refractivity contribution is 5.57. The third-order valence-corrected chi connectivity index (χ3v) is 1.26. The minimum atomic E-state index is -3.01. The highest BCUT2D eigenvalue weighted by Crippen LogP contribution is 2.29. The Morgan fingerprint density at radius 3 is 2.62 bits per heavy atom. The summed E-state index contributed by atoms with van der Waals surface area (Å²) in [6.07, 6.45) is 0. The fourth-order valence-corrected chi connectivity index (χ4v) is 0.774. The van der Waals surface area contributed by atoms with Gasteiger partial charge < -0.3 is 4.74 Å². The Labute approximate surface area is 72.4 Å². The molecule has 0 saturated carbocycles. The van der Waals surface area contributed by atoms with Gasteiger partial charge in [-0.15, -0.1) is 0 Å². The zero-order chi connectivity index (χ0) is 9.84. The lowest BCUT2D eigenvalue weighted by molar-refractivity contribution is -0.0493. The molecule has 1 aromatic carbocycles. The van der Waals surface area contributed by atoms with Gasteiger partial charge >= 0.3 is 6.61 Å². The summed E-state index contributed by atoms with van der Waals surface area (Å²) in [5.74, 6) is -0.973. The van der Waals surface area contributed by atoms with Crippen molar-refractivity contribution in [2.45, 2.75) is 6.61 Å². The van der Waals surface area contributed by atoms with Crippen LogP contribution in [0.25, 0.3) is 4.85 Å². The number of benzene rings is 1. The lowest BCUT2D eigenvalue weighted by Crippen LogP contribution is -2.01. The molecule has 0 unspecified atom stereocenters. The molecule has 0 aromatic heterocycles. The Kier molecular flexibility index (Phi) is 2.75. The van der Waals surface area contributed by atoms with E-state index in [1.54, 1.807) is 0 Å². The van der Waals surface area contributed by atoms with Crippen molar-refractivity contribution in [3.05, 3.63) is 35.4 Å². The number of hydrogen-bond donors (Lipinski definition) is 0. The van der Waals surface area contributed by atoms with Gasteiger partial charge in [0.1, 0.15) is 11.6 Å². The van der Waals surface area contributed by atoms with E-state index in [0.29, 0.717) is 0 Å². The van der Waals surface area contributed by atoms with Crippen molar-refractivity contribution >= 4 is 5.69 Å². The van der Waals surface area contributed by atoms with Crippen LogP contribution in [0.2, 0.25) is 0 Å². The summed E-state index contributed by atoms with van der Waals surface area (Å²) < 4.78 is 39.9. The molecule has 0 atom stereocenters.